The summed E-state index contributed by atoms with van der Waals surface area (Å²) in [5.74, 6) is 3.01. The Hall–Kier alpha value is -1.51. The van der Waals surface area contributed by atoms with Gasteiger partial charge in [-0.05, 0) is 31.4 Å². The van der Waals surface area contributed by atoms with Gasteiger partial charge in [-0.3, -0.25) is 0 Å². The molecule has 0 aliphatic rings. The van der Waals surface area contributed by atoms with Gasteiger partial charge >= 0.3 is 0 Å². The minimum absolute atomic E-state index is 0. The van der Waals surface area contributed by atoms with E-state index in [9.17, 15) is 0 Å². The Bertz CT molecular complexity index is 621. The molecule has 0 spiro atoms. The van der Waals surface area contributed by atoms with Crippen LogP contribution in [-0.2, 0) is 13.0 Å². The molecule has 6 nitrogen and oxygen atoms in total. The van der Waals surface area contributed by atoms with Gasteiger partial charge in [-0.2, -0.15) is 0 Å². The number of aliphatic imine (C=N–C) groups is 1. The molecule has 0 saturated carbocycles. The molecule has 0 saturated heterocycles. The van der Waals surface area contributed by atoms with Crippen molar-refractivity contribution in [2.24, 2.45) is 4.99 Å². The lowest BCUT2D eigenvalue weighted by Gasteiger charge is -2.11. The van der Waals surface area contributed by atoms with Gasteiger partial charge in [-0.25, -0.2) is 4.99 Å². The SMILES string of the molecule is CCCNC(=NCc1cc(C(CC)CC)no1)NCCc1ccco1.I. The molecule has 0 fully saturated rings. The molecule has 0 aromatic carbocycles. The molecule has 7 heteroatoms. The third-order valence-electron chi connectivity index (χ3n) is 4.16. The fourth-order valence-corrected chi connectivity index (χ4v) is 2.64. The lowest BCUT2D eigenvalue weighted by atomic mass is 9.99. The van der Waals surface area contributed by atoms with Gasteiger partial charge in [-0.1, -0.05) is 25.9 Å². The molecule has 2 N–H and O–H groups in total. The topological polar surface area (TPSA) is 75.6 Å². The van der Waals surface area contributed by atoms with Gasteiger partial charge in [0.25, 0.3) is 0 Å². The Kier molecular flexibility index (Phi) is 11.1. The standard InChI is InChI=1S/C19H30N4O2.HI/c1-4-10-20-19(21-11-9-16-8-7-12-24-16)22-14-17-13-18(23-25-17)15(5-2)6-3;/h7-8,12-13,15H,4-6,9-11,14H2,1-3H3,(H2,20,21,22);1H. The van der Waals surface area contributed by atoms with Crippen molar-refractivity contribution in [1.82, 2.24) is 15.8 Å². The average Bonchev–Trinajstić information content (AvgIpc) is 3.30. The summed E-state index contributed by atoms with van der Waals surface area (Å²) >= 11 is 0. The van der Waals surface area contributed by atoms with E-state index in [4.69, 9.17) is 8.94 Å². The number of nitrogens with one attached hydrogen (secondary N) is 2. The third kappa shape index (κ3) is 7.39. The van der Waals surface area contributed by atoms with Crippen LogP contribution in [0.4, 0.5) is 0 Å². The maximum atomic E-state index is 5.44. The second-order valence-electron chi connectivity index (χ2n) is 6.08. The van der Waals surface area contributed by atoms with Crippen LogP contribution in [0.15, 0.2) is 38.4 Å². The van der Waals surface area contributed by atoms with Crippen molar-refractivity contribution in [2.75, 3.05) is 13.1 Å². The molecule has 0 atom stereocenters. The summed E-state index contributed by atoms with van der Waals surface area (Å²) in [6, 6.07) is 5.91. The Labute approximate surface area is 173 Å². The number of halogens is 1. The van der Waals surface area contributed by atoms with Gasteiger partial charge in [0.05, 0.1) is 12.0 Å². The summed E-state index contributed by atoms with van der Waals surface area (Å²) in [4.78, 5) is 4.60. The molecule has 0 aliphatic carbocycles. The number of hydrogen-bond acceptors (Lipinski definition) is 4. The van der Waals surface area contributed by atoms with Crippen molar-refractivity contribution in [3.8, 4) is 0 Å². The Morgan fingerprint density at radius 3 is 2.58 bits per heavy atom. The first-order valence-electron chi connectivity index (χ1n) is 9.26. The molecular formula is C19H31IN4O2. The van der Waals surface area contributed by atoms with Gasteiger partial charge in [0, 0.05) is 31.5 Å². The van der Waals surface area contributed by atoms with Gasteiger partial charge in [0.1, 0.15) is 12.3 Å². The van der Waals surface area contributed by atoms with E-state index in [1.54, 1.807) is 6.26 Å². The maximum absolute atomic E-state index is 5.44. The summed E-state index contributed by atoms with van der Waals surface area (Å²) in [5, 5.41) is 10.8. The molecule has 2 aromatic heterocycles. The van der Waals surface area contributed by atoms with E-state index < -0.39 is 0 Å². The number of aromatic nitrogens is 1. The first kappa shape index (κ1) is 22.5. The quantitative estimate of drug-likeness (QED) is 0.302. The van der Waals surface area contributed by atoms with Crippen molar-refractivity contribution < 1.29 is 8.94 Å². The van der Waals surface area contributed by atoms with Crippen molar-refractivity contribution in [3.05, 3.63) is 41.7 Å². The van der Waals surface area contributed by atoms with Gasteiger partial charge in [0.15, 0.2) is 11.7 Å². The number of guanidine groups is 1. The van der Waals surface area contributed by atoms with Gasteiger partial charge in [-0.15, -0.1) is 24.0 Å². The van der Waals surface area contributed by atoms with Crippen LogP contribution in [0.1, 0.15) is 63.2 Å². The minimum atomic E-state index is 0. The lowest BCUT2D eigenvalue weighted by Crippen LogP contribution is -2.38. The molecule has 26 heavy (non-hydrogen) atoms. The number of rotatable bonds is 10. The zero-order chi connectivity index (χ0) is 17.9. The molecular weight excluding hydrogens is 443 g/mol. The molecule has 0 bridgehead atoms. The highest BCUT2D eigenvalue weighted by Crippen LogP contribution is 2.22. The first-order valence-corrected chi connectivity index (χ1v) is 9.26. The number of hydrogen-bond donors (Lipinski definition) is 2. The van der Waals surface area contributed by atoms with E-state index in [1.165, 1.54) is 0 Å². The molecule has 2 heterocycles. The van der Waals surface area contributed by atoms with Crippen LogP contribution in [0.5, 0.6) is 0 Å². The lowest BCUT2D eigenvalue weighted by molar-refractivity contribution is 0.372. The van der Waals surface area contributed by atoms with E-state index in [0.717, 1.165) is 61.9 Å². The normalized spacial score (nSPS) is 11.5. The minimum Gasteiger partial charge on any atom is -0.469 e. The smallest absolute Gasteiger partial charge is 0.191 e. The molecule has 2 rings (SSSR count). The predicted octanol–water partition coefficient (Wildman–Crippen LogP) is 4.48. The van der Waals surface area contributed by atoms with Crippen molar-refractivity contribution in [3.63, 3.8) is 0 Å². The second kappa shape index (κ2) is 12.8. The van der Waals surface area contributed by atoms with Gasteiger partial charge < -0.3 is 19.6 Å². The van der Waals surface area contributed by atoms with Crippen LogP contribution >= 0.6 is 24.0 Å². The largest absolute Gasteiger partial charge is 0.469 e. The molecule has 146 valence electrons. The maximum Gasteiger partial charge on any atom is 0.191 e. The fourth-order valence-electron chi connectivity index (χ4n) is 2.64. The highest BCUT2D eigenvalue weighted by molar-refractivity contribution is 14.0. The highest BCUT2D eigenvalue weighted by atomic mass is 127. The highest BCUT2D eigenvalue weighted by Gasteiger charge is 2.12. The Morgan fingerprint density at radius 2 is 1.92 bits per heavy atom. The second-order valence-corrected chi connectivity index (χ2v) is 6.08. The molecule has 0 aliphatic heterocycles. The monoisotopic (exact) mass is 474 g/mol. The third-order valence-corrected chi connectivity index (χ3v) is 4.16. The van der Waals surface area contributed by atoms with Crippen molar-refractivity contribution in [1.29, 1.82) is 0 Å². The molecule has 2 aromatic rings. The summed E-state index contributed by atoms with van der Waals surface area (Å²) in [6.07, 6.45) is 5.70. The van der Waals surface area contributed by atoms with Crippen LogP contribution in [0.3, 0.4) is 0 Å². The molecule has 0 unspecified atom stereocenters. The van der Waals surface area contributed by atoms with Crippen molar-refractivity contribution >= 4 is 29.9 Å². The van der Waals surface area contributed by atoms with Crippen LogP contribution < -0.4 is 10.6 Å². The van der Waals surface area contributed by atoms with Crippen molar-refractivity contribution in [2.45, 2.75) is 58.9 Å². The Balaban J connectivity index is 0.00000338. The fraction of sp³-hybridized carbons (Fsp3) is 0.579. The summed E-state index contributed by atoms with van der Waals surface area (Å²) in [7, 11) is 0. The Morgan fingerprint density at radius 1 is 1.15 bits per heavy atom. The van der Waals surface area contributed by atoms with Crippen LogP contribution in [0, 0.1) is 0 Å². The van der Waals surface area contributed by atoms with E-state index in [2.05, 4.69) is 41.6 Å². The zero-order valence-corrected chi connectivity index (χ0v) is 18.3. The number of nitrogens with zero attached hydrogens (tertiary/aromatic N) is 2. The van der Waals surface area contributed by atoms with E-state index >= 15 is 0 Å². The predicted molar refractivity (Wildman–Crippen MR) is 115 cm³/mol. The average molecular weight is 474 g/mol. The molecule has 0 radical (unpaired) electrons. The summed E-state index contributed by atoms with van der Waals surface area (Å²) in [5.41, 5.74) is 1.03. The van der Waals surface area contributed by atoms with E-state index in [1.807, 2.05) is 18.2 Å². The van der Waals surface area contributed by atoms with Gasteiger partial charge in [0.2, 0.25) is 0 Å². The number of furan rings is 1. The summed E-state index contributed by atoms with van der Waals surface area (Å²) < 4.78 is 10.8. The van der Waals surface area contributed by atoms with Crippen LogP contribution in [0.2, 0.25) is 0 Å². The summed E-state index contributed by atoms with van der Waals surface area (Å²) in [6.45, 7) is 8.60. The zero-order valence-electron chi connectivity index (χ0n) is 16.0. The van der Waals surface area contributed by atoms with Crippen LogP contribution in [0.25, 0.3) is 0 Å². The molecule has 0 amide bonds. The van der Waals surface area contributed by atoms with E-state index in [0.29, 0.717) is 12.5 Å². The van der Waals surface area contributed by atoms with Crippen LogP contribution in [-0.4, -0.2) is 24.2 Å². The van der Waals surface area contributed by atoms with E-state index in [-0.39, 0.29) is 24.0 Å². The first-order chi connectivity index (χ1) is 12.3.